The van der Waals surface area contributed by atoms with Gasteiger partial charge in [-0.05, 0) is 31.9 Å². The van der Waals surface area contributed by atoms with E-state index < -0.39 is 0 Å². The first-order valence-corrected chi connectivity index (χ1v) is 4.06. The van der Waals surface area contributed by atoms with E-state index in [9.17, 15) is 0 Å². The van der Waals surface area contributed by atoms with E-state index in [1.54, 1.807) is 6.26 Å². The van der Waals surface area contributed by atoms with Crippen molar-refractivity contribution in [2.75, 3.05) is 0 Å². The van der Waals surface area contributed by atoms with E-state index >= 15 is 0 Å². The van der Waals surface area contributed by atoms with E-state index in [0.29, 0.717) is 5.54 Å². The molecule has 1 aromatic rings. The fourth-order valence-corrected chi connectivity index (χ4v) is 1.08. The maximum atomic E-state index is 5.19. The predicted octanol–water partition coefficient (Wildman–Crippen LogP) is 1.92. The third-order valence-corrected chi connectivity index (χ3v) is 2.27. The van der Waals surface area contributed by atoms with Crippen LogP contribution in [0, 0.1) is 0 Å². The van der Waals surface area contributed by atoms with Crippen molar-refractivity contribution in [2.45, 2.75) is 31.8 Å². The average molecular weight is 151 g/mol. The van der Waals surface area contributed by atoms with Crippen LogP contribution < -0.4 is 5.32 Å². The topological polar surface area (TPSA) is 25.2 Å². The highest BCUT2D eigenvalue weighted by Crippen LogP contribution is 2.34. The second-order valence-electron chi connectivity index (χ2n) is 3.49. The Morgan fingerprint density at radius 3 is 3.00 bits per heavy atom. The minimum absolute atomic E-state index is 0.410. The van der Waals surface area contributed by atoms with Crippen LogP contribution in [0.3, 0.4) is 0 Å². The molecule has 11 heavy (non-hydrogen) atoms. The van der Waals surface area contributed by atoms with Crippen LogP contribution in [0.1, 0.15) is 25.5 Å². The first kappa shape index (κ1) is 6.92. The van der Waals surface area contributed by atoms with Crippen molar-refractivity contribution in [1.29, 1.82) is 0 Å². The summed E-state index contributed by atoms with van der Waals surface area (Å²) in [7, 11) is 0. The Kier molecular flexibility index (Phi) is 1.50. The highest BCUT2D eigenvalue weighted by Gasteiger charge is 2.36. The molecule has 0 amide bonds. The molecule has 2 rings (SSSR count). The molecule has 1 aliphatic rings. The van der Waals surface area contributed by atoms with Crippen molar-refractivity contribution >= 4 is 0 Å². The van der Waals surface area contributed by atoms with E-state index in [2.05, 4.69) is 12.2 Å². The average Bonchev–Trinajstić information content (AvgIpc) is 2.53. The molecule has 1 N–H and O–H groups in total. The maximum absolute atomic E-state index is 5.19. The summed E-state index contributed by atoms with van der Waals surface area (Å²) >= 11 is 0. The van der Waals surface area contributed by atoms with Gasteiger partial charge in [0.2, 0.25) is 0 Å². The monoisotopic (exact) mass is 151 g/mol. The van der Waals surface area contributed by atoms with Gasteiger partial charge in [-0.15, -0.1) is 0 Å². The van der Waals surface area contributed by atoms with Gasteiger partial charge in [0.05, 0.1) is 12.8 Å². The van der Waals surface area contributed by atoms with Crippen molar-refractivity contribution in [3.63, 3.8) is 0 Å². The van der Waals surface area contributed by atoms with Gasteiger partial charge >= 0.3 is 0 Å². The first-order chi connectivity index (χ1) is 5.29. The van der Waals surface area contributed by atoms with E-state index in [4.69, 9.17) is 4.42 Å². The van der Waals surface area contributed by atoms with Crippen LogP contribution in [-0.4, -0.2) is 5.54 Å². The molecule has 0 spiro atoms. The summed E-state index contributed by atoms with van der Waals surface area (Å²) in [6.07, 6.45) is 4.31. The molecule has 1 saturated carbocycles. The van der Waals surface area contributed by atoms with Crippen LogP contribution in [0.4, 0.5) is 0 Å². The minimum Gasteiger partial charge on any atom is -0.468 e. The number of furan rings is 1. The molecule has 0 saturated heterocycles. The van der Waals surface area contributed by atoms with E-state index in [-0.39, 0.29) is 0 Å². The minimum atomic E-state index is 0.410. The molecule has 2 nitrogen and oxygen atoms in total. The van der Waals surface area contributed by atoms with Crippen LogP contribution in [0.15, 0.2) is 22.8 Å². The summed E-state index contributed by atoms with van der Waals surface area (Å²) in [5, 5.41) is 3.44. The molecule has 1 heterocycles. The summed E-state index contributed by atoms with van der Waals surface area (Å²) in [6.45, 7) is 3.11. The van der Waals surface area contributed by atoms with Gasteiger partial charge in [0.15, 0.2) is 0 Å². The van der Waals surface area contributed by atoms with Gasteiger partial charge in [-0.25, -0.2) is 0 Å². The Bertz CT molecular complexity index is 224. The van der Waals surface area contributed by atoms with Gasteiger partial charge < -0.3 is 9.73 Å². The molecular formula is C9H13NO. The number of rotatable bonds is 3. The van der Waals surface area contributed by atoms with Crippen molar-refractivity contribution in [2.24, 2.45) is 0 Å². The van der Waals surface area contributed by atoms with Crippen molar-refractivity contribution in [3.05, 3.63) is 24.2 Å². The van der Waals surface area contributed by atoms with Crippen molar-refractivity contribution in [1.82, 2.24) is 5.32 Å². The highest BCUT2D eigenvalue weighted by atomic mass is 16.3. The van der Waals surface area contributed by atoms with Crippen molar-refractivity contribution in [3.8, 4) is 0 Å². The standard InChI is InChI=1S/C9H13NO/c1-9(4-5-9)10-7-8-3-2-6-11-8/h2-3,6,10H,4-5,7H2,1H3. The van der Waals surface area contributed by atoms with Crippen molar-refractivity contribution < 1.29 is 4.42 Å². The molecule has 0 aromatic carbocycles. The van der Waals surface area contributed by atoms with Gasteiger partial charge in [0.1, 0.15) is 5.76 Å². The zero-order valence-electron chi connectivity index (χ0n) is 6.76. The Morgan fingerprint density at radius 2 is 2.45 bits per heavy atom. The summed E-state index contributed by atoms with van der Waals surface area (Å²) < 4.78 is 5.19. The molecule has 0 radical (unpaired) electrons. The Labute approximate surface area is 66.6 Å². The molecule has 0 bridgehead atoms. The first-order valence-electron chi connectivity index (χ1n) is 4.06. The third kappa shape index (κ3) is 1.63. The van der Waals surface area contributed by atoms with Gasteiger partial charge in [0, 0.05) is 5.54 Å². The summed E-state index contributed by atoms with van der Waals surface area (Å²) in [5.41, 5.74) is 0.410. The van der Waals surface area contributed by atoms with Crippen LogP contribution in [0.25, 0.3) is 0 Å². The maximum Gasteiger partial charge on any atom is 0.117 e. The zero-order chi connectivity index (χ0) is 7.73. The molecule has 1 aliphatic carbocycles. The normalized spacial score (nSPS) is 20.1. The van der Waals surface area contributed by atoms with Crippen LogP contribution in [0.5, 0.6) is 0 Å². The fraction of sp³-hybridized carbons (Fsp3) is 0.556. The predicted molar refractivity (Wildman–Crippen MR) is 43.2 cm³/mol. The van der Waals surface area contributed by atoms with Gasteiger partial charge in [-0.2, -0.15) is 0 Å². The van der Waals surface area contributed by atoms with Gasteiger partial charge in [-0.3, -0.25) is 0 Å². The number of hydrogen-bond donors (Lipinski definition) is 1. The molecular weight excluding hydrogens is 138 g/mol. The summed E-state index contributed by atoms with van der Waals surface area (Å²) in [6, 6.07) is 3.92. The van der Waals surface area contributed by atoms with Crippen LogP contribution in [-0.2, 0) is 6.54 Å². The lowest BCUT2D eigenvalue weighted by Gasteiger charge is -2.08. The zero-order valence-corrected chi connectivity index (χ0v) is 6.76. The Morgan fingerprint density at radius 1 is 1.64 bits per heavy atom. The quantitative estimate of drug-likeness (QED) is 0.714. The highest BCUT2D eigenvalue weighted by molar-refractivity contribution is 5.02. The molecule has 0 unspecified atom stereocenters. The molecule has 2 heteroatoms. The van der Waals surface area contributed by atoms with E-state index in [0.717, 1.165) is 12.3 Å². The number of hydrogen-bond acceptors (Lipinski definition) is 2. The molecule has 0 aliphatic heterocycles. The van der Waals surface area contributed by atoms with Crippen LogP contribution >= 0.6 is 0 Å². The summed E-state index contributed by atoms with van der Waals surface area (Å²) in [5.74, 6) is 1.03. The van der Waals surface area contributed by atoms with Gasteiger partial charge in [0.25, 0.3) is 0 Å². The van der Waals surface area contributed by atoms with Gasteiger partial charge in [-0.1, -0.05) is 0 Å². The molecule has 1 fully saturated rings. The van der Waals surface area contributed by atoms with E-state index in [1.807, 2.05) is 12.1 Å². The fourth-order valence-electron chi connectivity index (χ4n) is 1.08. The summed E-state index contributed by atoms with van der Waals surface area (Å²) in [4.78, 5) is 0. The largest absolute Gasteiger partial charge is 0.468 e. The SMILES string of the molecule is CC1(NCc2ccco2)CC1. The van der Waals surface area contributed by atoms with E-state index in [1.165, 1.54) is 12.8 Å². The molecule has 60 valence electrons. The lowest BCUT2D eigenvalue weighted by Crippen LogP contribution is -2.26. The van der Waals surface area contributed by atoms with Crippen LogP contribution in [0.2, 0.25) is 0 Å². The Balaban J connectivity index is 1.83. The second-order valence-corrected chi connectivity index (χ2v) is 3.49. The molecule has 0 atom stereocenters. The lowest BCUT2D eigenvalue weighted by molar-refractivity contribution is 0.448. The molecule has 1 aromatic heterocycles. The lowest BCUT2D eigenvalue weighted by atomic mass is 10.3. The smallest absolute Gasteiger partial charge is 0.117 e. The third-order valence-electron chi connectivity index (χ3n) is 2.27. The second kappa shape index (κ2) is 2.38. The number of nitrogens with one attached hydrogen (secondary N) is 1. The Hall–Kier alpha value is -0.760.